The summed E-state index contributed by atoms with van der Waals surface area (Å²) in [7, 11) is 1.60. The second kappa shape index (κ2) is 6.09. The van der Waals surface area contributed by atoms with E-state index in [0.29, 0.717) is 16.5 Å². The Morgan fingerprint density at radius 3 is 2.57 bits per heavy atom. The van der Waals surface area contributed by atoms with Crippen LogP contribution in [0.15, 0.2) is 16.7 Å². The van der Waals surface area contributed by atoms with Gasteiger partial charge in [0.25, 0.3) is 5.91 Å². The van der Waals surface area contributed by atoms with E-state index in [9.17, 15) is 9.59 Å². The van der Waals surface area contributed by atoms with Gasteiger partial charge in [-0.05, 0) is 32.4 Å². The van der Waals surface area contributed by atoms with Crippen LogP contribution in [0.4, 0.5) is 5.82 Å². The number of hydrogen-bond donors (Lipinski definition) is 1. The highest BCUT2D eigenvalue weighted by Gasteiger charge is 2.18. The van der Waals surface area contributed by atoms with E-state index in [1.165, 1.54) is 16.2 Å². The fourth-order valence-corrected chi connectivity index (χ4v) is 2.79. The Hall–Kier alpha value is -2.15. The van der Waals surface area contributed by atoms with Gasteiger partial charge in [-0.3, -0.25) is 9.59 Å². The largest absolute Gasteiger partial charge is 0.360 e. The number of hydrogen-bond acceptors (Lipinski definition) is 5. The molecule has 0 spiro atoms. The molecule has 2 amide bonds. The highest BCUT2D eigenvalue weighted by Crippen LogP contribution is 2.21. The number of aryl methyl sites for hydroxylation is 3. The molecular weight excluding hydrogens is 290 g/mol. The minimum Gasteiger partial charge on any atom is -0.360 e. The van der Waals surface area contributed by atoms with E-state index in [1.807, 2.05) is 19.9 Å². The van der Waals surface area contributed by atoms with Crippen LogP contribution in [-0.2, 0) is 4.79 Å². The average Bonchev–Trinajstić information content (AvgIpc) is 2.95. The molecule has 0 unspecified atom stereocenters. The van der Waals surface area contributed by atoms with Crippen molar-refractivity contribution >= 4 is 29.0 Å². The van der Waals surface area contributed by atoms with Crippen LogP contribution in [0.2, 0.25) is 0 Å². The van der Waals surface area contributed by atoms with Crippen LogP contribution in [0.3, 0.4) is 0 Å². The minimum atomic E-state index is -0.316. The standard InChI is InChI=1S/C14H17N3O3S/c1-8-5-11(21-10(8)3)14(19)17(4)7-13(18)15-12-6-9(2)20-16-12/h5-6H,7H2,1-4H3,(H,15,16,18). The fraction of sp³-hybridized carbons (Fsp3) is 0.357. The number of nitrogens with one attached hydrogen (secondary N) is 1. The Kier molecular flexibility index (Phi) is 4.42. The third-order valence-electron chi connectivity index (χ3n) is 3.00. The van der Waals surface area contributed by atoms with Crippen molar-refractivity contribution in [2.75, 3.05) is 18.9 Å². The first-order chi connectivity index (χ1) is 9.86. The van der Waals surface area contributed by atoms with Crippen molar-refractivity contribution in [3.05, 3.63) is 33.2 Å². The molecule has 2 aromatic rings. The number of carbonyl (C=O) groups is 2. The topological polar surface area (TPSA) is 75.4 Å². The summed E-state index contributed by atoms with van der Waals surface area (Å²) in [5.74, 6) is 0.479. The van der Waals surface area contributed by atoms with Crippen molar-refractivity contribution < 1.29 is 14.1 Å². The second-order valence-corrected chi connectivity index (χ2v) is 6.14. The molecule has 2 heterocycles. The SMILES string of the molecule is Cc1cc(NC(=O)CN(C)C(=O)c2cc(C)c(C)s2)no1. The number of likely N-dealkylation sites (N-methyl/N-ethyl adjacent to an activating group) is 1. The zero-order chi connectivity index (χ0) is 15.6. The monoisotopic (exact) mass is 307 g/mol. The van der Waals surface area contributed by atoms with Gasteiger partial charge < -0.3 is 14.7 Å². The molecule has 0 saturated carbocycles. The highest BCUT2D eigenvalue weighted by molar-refractivity contribution is 7.14. The maximum absolute atomic E-state index is 12.2. The van der Waals surface area contributed by atoms with Gasteiger partial charge in [0, 0.05) is 18.0 Å². The summed E-state index contributed by atoms with van der Waals surface area (Å²) in [5, 5.41) is 6.25. The molecule has 7 heteroatoms. The van der Waals surface area contributed by atoms with Crippen LogP contribution in [0.25, 0.3) is 0 Å². The predicted octanol–water partition coefficient (Wildman–Crippen LogP) is 2.37. The zero-order valence-corrected chi connectivity index (χ0v) is 13.2. The molecule has 0 saturated heterocycles. The summed E-state index contributed by atoms with van der Waals surface area (Å²) in [5.41, 5.74) is 1.08. The normalized spacial score (nSPS) is 10.5. The van der Waals surface area contributed by atoms with E-state index in [2.05, 4.69) is 10.5 Å². The Labute approximate surface area is 126 Å². The van der Waals surface area contributed by atoms with E-state index < -0.39 is 0 Å². The summed E-state index contributed by atoms with van der Waals surface area (Å²) < 4.78 is 4.86. The molecule has 0 atom stereocenters. The lowest BCUT2D eigenvalue weighted by Gasteiger charge is -2.15. The van der Waals surface area contributed by atoms with Crippen molar-refractivity contribution in [1.29, 1.82) is 0 Å². The van der Waals surface area contributed by atoms with Crippen LogP contribution in [-0.4, -0.2) is 35.5 Å². The molecule has 112 valence electrons. The number of thiophene rings is 1. The van der Waals surface area contributed by atoms with Gasteiger partial charge in [0.05, 0.1) is 11.4 Å². The van der Waals surface area contributed by atoms with Crippen molar-refractivity contribution in [2.24, 2.45) is 0 Å². The molecule has 6 nitrogen and oxygen atoms in total. The number of aromatic nitrogens is 1. The molecule has 0 radical (unpaired) electrons. The van der Waals surface area contributed by atoms with E-state index >= 15 is 0 Å². The molecule has 0 aliphatic carbocycles. The number of anilines is 1. The quantitative estimate of drug-likeness (QED) is 0.941. The van der Waals surface area contributed by atoms with Crippen LogP contribution in [0.1, 0.15) is 25.9 Å². The van der Waals surface area contributed by atoms with Crippen molar-refractivity contribution in [3.63, 3.8) is 0 Å². The van der Waals surface area contributed by atoms with Gasteiger partial charge in [0.2, 0.25) is 5.91 Å². The number of amides is 2. The summed E-state index contributed by atoms with van der Waals surface area (Å²) in [6.07, 6.45) is 0. The maximum Gasteiger partial charge on any atom is 0.264 e. The fourth-order valence-electron chi connectivity index (χ4n) is 1.76. The van der Waals surface area contributed by atoms with E-state index in [1.54, 1.807) is 20.0 Å². The van der Waals surface area contributed by atoms with Crippen molar-refractivity contribution in [2.45, 2.75) is 20.8 Å². The summed E-state index contributed by atoms with van der Waals surface area (Å²) in [4.78, 5) is 27.2. The lowest BCUT2D eigenvalue weighted by atomic mass is 10.3. The van der Waals surface area contributed by atoms with Crippen LogP contribution < -0.4 is 5.32 Å². The van der Waals surface area contributed by atoms with Crippen molar-refractivity contribution in [1.82, 2.24) is 10.1 Å². The molecule has 21 heavy (non-hydrogen) atoms. The number of rotatable bonds is 4. The van der Waals surface area contributed by atoms with Gasteiger partial charge in [-0.1, -0.05) is 5.16 Å². The van der Waals surface area contributed by atoms with Gasteiger partial charge in [-0.2, -0.15) is 0 Å². The maximum atomic E-state index is 12.2. The third kappa shape index (κ3) is 3.69. The average molecular weight is 307 g/mol. The minimum absolute atomic E-state index is 0.0409. The summed E-state index contributed by atoms with van der Waals surface area (Å²) >= 11 is 1.43. The number of carbonyl (C=O) groups excluding carboxylic acids is 2. The molecule has 0 bridgehead atoms. The lowest BCUT2D eigenvalue weighted by molar-refractivity contribution is -0.116. The van der Waals surface area contributed by atoms with Crippen LogP contribution in [0, 0.1) is 20.8 Å². The Bertz CT molecular complexity index is 655. The Morgan fingerprint density at radius 1 is 1.33 bits per heavy atom. The van der Waals surface area contributed by atoms with Gasteiger partial charge in [-0.15, -0.1) is 11.3 Å². The smallest absolute Gasteiger partial charge is 0.264 e. The molecule has 0 aromatic carbocycles. The molecule has 1 N–H and O–H groups in total. The molecular formula is C14H17N3O3S. The van der Waals surface area contributed by atoms with E-state index in [-0.39, 0.29) is 18.4 Å². The molecule has 2 rings (SSSR count). The molecule has 0 aliphatic rings. The first-order valence-corrected chi connectivity index (χ1v) is 7.24. The molecule has 0 fully saturated rings. The molecule has 0 aliphatic heterocycles. The number of nitrogens with zero attached hydrogens (tertiary/aromatic N) is 2. The first-order valence-electron chi connectivity index (χ1n) is 6.42. The zero-order valence-electron chi connectivity index (χ0n) is 12.4. The van der Waals surface area contributed by atoms with Gasteiger partial charge in [0.1, 0.15) is 5.76 Å². The summed E-state index contributed by atoms with van der Waals surface area (Å²) in [6.45, 7) is 5.62. The van der Waals surface area contributed by atoms with Gasteiger partial charge >= 0.3 is 0 Å². The first kappa shape index (κ1) is 15.2. The summed E-state index contributed by atoms with van der Waals surface area (Å²) in [6, 6.07) is 3.46. The predicted molar refractivity (Wildman–Crippen MR) is 80.6 cm³/mol. The van der Waals surface area contributed by atoms with Crippen LogP contribution in [0.5, 0.6) is 0 Å². The second-order valence-electron chi connectivity index (χ2n) is 4.88. The Balaban J connectivity index is 1.95. The Morgan fingerprint density at radius 2 is 2.05 bits per heavy atom. The molecule has 2 aromatic heterocycles. The van der Waals surface area contributed by atoms with E-state index in [0.717, 1.165) is 10.4 Å². The van der Waals surface area contributed by atoms with Gasteiger partial charge in [-0.25, -0.2) is 0 Å². The van der Waals surface area contributed by atoms with E-state index in [4.69, 9.17) is 4.52 Å². The highest BCUT2D eigenvalue weighted by atomic mass is 32.1. The van der Waals surface area contributed by atoms with Gasteiger partial charge in [0.15, 0.2) is 5.82 Å². The third-order valence-corrected chi connectivity index (χ3v) is 4.14. The van der Waals surface area contributed by atoms with Crippen molar-refractivity contribution in [3.8, 4) is 0 Å². The lowest BCUT2D eigenvalue weighted by Crippen LogP contribution is -2.34. The van der Waals surface area contributed by atoms with Crippen LogP contribution >= 0.6 is 11.3 Å².